The van der Waals surface area contributed by atoms with Crippen LogP contribution in [-0.2, 0) is 21.3 Å². The van der Waals surface area contributed by atoms with Crippen molar-refractivity contribution in [2.24, 2.45) is 0 Å². The first-order valence-electron chi connectivity index (χ1n) is 7.34. The van der Waals surface area contributed by atoms with Crippen LogP contribution in [0.5, 0.6) is 0 Å². The van der Waals surface area contributed by atoms with E-state index in [-0.39, 0.29) is 18.2 Å². The molecule has 6 nitrogen and oxygen atoms in total. The van der Waals surface area contributed by atoms with Gasteiger partial charge in [-0.25, -0.2) is 13.1 Å². The molecule has 0 saturated carbocycles. The molecule has 1 fully saturated rings. The molecule has 1 aromatic heterocycles. The monoisotopic (exact) mass is 315 g/mol. The Kier molecular flexibility index (Phi) is 5.08. The number of sulfonamides is 1. The van der Waals surface area contributed by atoms with E-state index in [1.165, 1.54) is 0 Å². The summed E-state index contributed by atoms with van der Waals surface area (Å²) in [5, 5.41) is 3.07. The summed E-state index contributed by atoms with van der Waals surface area (Å²) in [5.41, 5.74) is 0.962. The second kappa shape index (κ2) is 6.48. The third kappa shape index (κ3) is 3.66. The number of hydrogen-bond donors (Lipinski definition) is 2. The fourth-order valence-electron chi connectivity index (χ4n) is 2.60. The van der Waals surface area contributed by atoms with Crippen LogP contribution >= 0.6 is 0 Å². The minimum atomic E-state index is -3.51. The van der Waals surface area contributed by atoms with Gasteiger partial charge in [0.25, 0.3) is 0 Å². The van der Waals surface area contributed by atoms with Gasteiger partial charge in [0, 0.05) is 31.1 Å². The van der Waals surface area contributed by atoms with Crippen LogP contribution in [0.25, 0.3) is 0 Å². The summed E-state index contributed by atoms with van der Waals surface area (Å²) < 4.78 is 35.2. The van der Waals surface area contributed by atoms with Crippen LogP contribution in [0.15, 0.2) is 17.2 Å². The third-order valence-corrected chi connectivity index (χ3v) is 5.27. The number of nitrogens with zero attached hydrogens (tertiary/aromatic N) is 1. The molecule has 1 saturated heterocycles. The number of rotatable bonds is 6. The Morgan fingerprint density at radius 2 is 2.19 bits per heavy atom. The standard InChI is InChI=1S/C14H25N3O3S/c1-10(2)17-9-13(7-12(17)8-15-4)21(18,19)16-14-5-6-20-11(14)3/h7,9-11,14-16H,5-6,8H2,1-4H3. The Hall–Kier alpha value is -0.890. The summed E-state index contributed by atoms with van der Waals surface area (Å²) in [6, 6.07) is 1.80. The first-order chi connectivity index (χ1) is 9.85. The van der Waals surface area contributed by atoms with Crippen molar-refractivity contribution >= 4 is 10.0 Å². The Morgan fingerprint density at radius 3 is 2.71 bits per heavy atom. The first kappa shape index (κ1) is 16.5. The second-order valence-corrected chi connectivity index (χ2v) is 7.50. The topological polar surface area (TPSA) is 72.4 Å². The highest BCUT2D eigenvalue weighted by Gasteiger charge is 2.30. The van der Waals surface area contributed by atoms with Crippen molar-refractivity contribution in [3.05, 3.63) is 18.0 Å². The van der Waals surface area contributed by atoms with Gasteiger partial charge in [0.1, 0.15) is 0 Å². The fraction of sp³-hybridized carbons (Fsp3) is 0.714. The van der Waals surface area contributed by atoms with Crippen LogP contribution in [0.1, 0.15) is 38.9 Å². The molecule has 2 heterocycles. The van der Waals surface area contributed by atoms with Gasteiger partial charge in [-0.3, -0.25) is 0 Å². The van der Waals surface area contributed by atoms with E-state index in [4.69, 9.17) is 4.74 Å². The van der Waals surface area contributed by atoms with Crippen LogP contribution in [0, 0.1) is 0 Å². The van der Waals surface area contributed by atoms with Crippen LogP contribution in [0.3, 0.4) is 0 Å². The second-order valence-electron chi connectivity index (χ2n) is 5.79. The molecule has 1 aliphatic heterocycles. The Balaban J connectivity index is 2.25. The maximum atomic E-state index is 12.5. The van der Waals surface area contributed by atoms with Gasteiger partial charge in [-0.15, -0.1) is 0 Å². The van der Waals surface area contributed by atoms with E-state index in [0.29, 0.717) is 24.5 Å². The van der Waals surface area contributed by atoms with E-state index >= 15 is 0 Å². The highest BCUT2D eigenvalue weighted by molar-refractivity contribution is 7.89. The fourth-order valence-corrected chi connectivity index (χ4v) is 3.99. The van der Waals surface area contributed by atoms with E-state index in [1.807, 2.05) is 32.4 Å². The Labute approximate surface area is 126 Å². The molecule has 120 valence electrons. The minimum absolute atomic E-state index is 0.0799. The van der Waals surface area contributed by atoms with Crippen molar-refractivity contribution in [2.45, 2.75) is 56.8 Å². The molecule has 2 atom stereocenters. The SMILES string of the molecule is CNCc1cc(S(=O)(=O)NC2CCOC2C)cn1C(C)C. The van der Waals surface area contributed by atoms with Crippen molar-refractivity contribution in [3.8, 4) is 0 Å². The van der Waals surface area contributed by atoms with E-state index in [2.05, 4.69) is 10.0 Å². The number of aromatic nitrogens is 1. The lowest BCUT2D eigenvalue weighted by Gasteiger charge is -2.15. The molecule has 0 bridgehead atoms. The van der Waals surface area contributed by atoms with E-state index in [0.717, 1.165) is 5.69 Å². The molecule has 0 aromatic carbocycles. The normalized spacial score (nSPS) is 23.1. The summed E-state index contributed by atoms with van der Waals surface area (Å²) in [5.74, 6) is 0. The zero-order valence-corrected chi connectivity index (χ0v) is 13.9. The molecule has 0 aliphatic carbocycles. The number of hydrogen-bond acceptors (Lipinski definition) is 4. The van der Waals surface area contributed by atoms with Crippen LogP contribution in [0.4, 0.5) is 0 Å². The highest BCUT2D eigenvalue weighted by atomic mass is 32.2. The maximum Gasteiger partial charge on any atom is 0.242 e. The average molecular weight is 315 g/mol. The van der Waals surface area contributed by atoms with Gasteiger partial charge >= 0.3 is 0 Å². The predicted molar refractivity (Wildman–Crippen MR) is 81.7 cm³/mol. The molecule has 0 spiro atoms. The molecule has 21 heavy (non-hydrogen) atoms. The molecule has 1 aliphatic rings. The lowest BCUT2D eigenvalue weighted by atomic mass is 10.2. The molecular formula is C14H25N3O3S. The van der Waals surface area contributed by atoms with E-state index in [9.17, 15) is 8.42 Å². The molecule has 2 rings (SSSR count). The van der Waals surface area contributed by atoms with Gasteiger partial charge in [-0.1, -0.05) is 0 Å². The van der Waals surface area contributed by atoms with Gasteiger partial charge < -0.3 is 14.6 Å². The molecular weight excluding hydrogens is 290 g/mol. The zero-order valence-electron chi connectivity index (χ0n) is 13.1. The molecule has 7 heteroatoms. The smallest absolute Gasteiger partial charge is 0.242 e. The zero-order chi connectivity index (χ0) is 15.6. The largest absolute Gasteiger partial charge is 0.377 e. The average Bonchev–Trinajstić information content (AvgIpc) is 2.97. The van der Waals surface area contributed by atoms with Gasteiger partial charge in [-0.2, -0.15) is 0 Å². The summed E-state index contributed by atoms with van der Waals surface area (Å²) in [6.07, 6.45) is 2.35. The summed E-state index contributed by atoms with van der Waals surface area (Å²) in [4.78, 5) is 0.320. The lowest BCUT2D eigenvalue weighted by molar-refractivity contribution is 0.117. The van der Waals surface area contributed by atoms with E-state index in [1.54, 1.807) is 12.3 Å². The lowest BCUT2D eigenvalue weighted by Crippen LogP contribution is -2.38. The van der Waals surface area contributed by atoms with E-state index < -0.39 is 10.0 Å². The Morgan fingerprint density at radius 1 is 1.48 bits per heavy atom. The highest BCUT2D eigenvalue weighted by Crippen LogP contribution is 2.21. The quantitative estimate of drug-likeness (QED) is 0.828. The summed E-state index contributed by atoms with van der Waals surface area (Å²) in [6.45, 7) is 7.21. The Bertz CT molecular complexity index is 580. The first-order valence-corrected chi connectivity index (χ1v) is 8.82. The van der Waals surface area contributed by atoms with Crippen molar-refractivity contribution < 1.29 is 13.2 Å². The van der Waals surface area contributed by atoms with Gasteiger partial charge in [-0.05, 0) is 40.3 Å². The number of ether oxygens (including phenoxy) is 1. The molecule has 0 amide bonds. The van der Waals surface area contributed by atoms with Crippen molar-refractivity contribution in [2.75, 3.05) is 13.7 Å². The minimum Gasteiger partial charge on any atom is -0.377 e. The van der Waals surface area contributed by atoms with Crippen LogP contribution in [-0.4, -0.2) is 38.8 Å². The van der Waals surface area contributed by atoms with Crippen molar-refractivity contribution in [1.29, 1.82) is 0 Å². The molecule has 0 radical (unpaired) electrons. The molecule has 2 unspecified atom stereocenters. The summed E-state index contributed by atoms with van der Waals surface area (Å²) >= 11 is 0. The van der Waals surface area contributed by atoms with Gasteiger partial charge in [0.2, 0.25) is 10.0 Å². The molecule has 1 aromatic rings. The predicted octanol–water partition coefficient (Wildman–Crippen LogP) is 1.24. The number of nitrogens with one attached hydrogen (secondary N) is 2. The summed E-state index contributed by atoms with van der Waals surface area (Å²) in [7, 11) is -1.66. The molecule has 2 N–H and O–H groups in total. The van der Waals surface area contributed by atoms with Gasteiger partial charge in [0.15, 0.2) is 0 Å². The van der Waals surface area contributed by atoms with Crippen molar-refractivity contribution in [1.82, 2.24) is 14.6 Å². The van der Waals surface area contributed by atoms with Crippen LogP contribution in [0.2, 0.25) is 0 Å². The maximum absolute atomic E-state index is 12.5. The van der Waals surface area contributed by atoms with Crippen molar-refractivity contribution in [3.63, 3.8) is 0 Å². The van der Waals surface area contributed by atoms with Crippen LogP contribution < -0.4 is 10.0 Å². The van der Waals surface area contributed by atoms with Gasteiger partial charge in [0.05, 0.1) is 17.0 Å². The third-order valence-electron chi connectivity index (χ3n) is 3.81.